The molecule has 1 N–H and O–H groups in total. The third kappa shape index (κ3) is 2.22. The van der Waals surface area contributed by atoms with E-state index in [1.165, 1.54) is 38.5 Å². The summed E-state index contributed by atoms with van der Waals surface area (Å²) < 4.78 is 0. The summed E-state index contributed by atoms with van der Waals surface area (Å²) in [6, 6.07) is 0. The smallest absolute Gasteiger partial charge is 0.0490 e. The molecule has 2 aliphatic rings. The fraction of sp³-hybridized carbons (Fsp3) is 1.00. The second-order valence-corrected chi connectivity index (χ2v) is 6.94. The first-order valence-corrected chi connectivity index (χ1v) is 6.59. The molecule has 0 amide bonds. The zero-order valence-electron chi connectivity index (χ0n) is 10.6. The molecule has 0 bridgehead atoms. The summed E-state index contributed by atoms with van der Waals surface area (Å²) in [7, 11) is 0. The molecule has 1 nitrogen and oxygen atoms in total. The molecule has 2 aliphatic carbocycles. The standard InChI is InChI=1S/C14H26O/c1-13(2,3)11-6-8-14(10-15,9-7-11)12-4-5-12/h11-12,15H,4-10H2,1-3H3. The predicted molar refractivity (Wildman–Crippen MR) is 63.7 cm³/mol. The van der Waals surface area contributed by atoms with Crippen LogP contribution in [0.25, 0.3) is 0 Å². The minimum absolute atomic E-state index is 0.335. The number of aliphatic hydroxyl groups is 1. The van der Waals surface area contributed by atoms with Crippen molar-refractivity contribution in [1.82, 2.24) is 0 Å². The first-order chi connectivity index (χ1) is 6.98. The molecule has 0 aliphatic heterocycles. The Morgan fingerprint density at radius 1 is 1.07 bits per heavy atom. The molecule has 0 aromatic rings. The fourth-order valence-corrected chi connectivity index (χ4v) is 3.45. The van der Waals surface area contributed by atoms with Crippen molar-refractivity contribution in [3.63, 3.8) is 0 Å². The van der Waals surface area contributed by atoms with Crippen LogP contribution in [0.4, 0.5) is 0 Å². The summed E-state index contributed by atoms with van der Waals surface area (Å²) in [5.74, 6) is 1.74. The Balaban J connectivity index is 1.95. The molecular weight excluding hydrogens is 184 g/mol. The monoisotopic (exact) mass is 210 g/mol. The van der Waals surface area contributed by atoms with Gasteiger partial charge in [-0.25, -0.2) is 0 Å². The molecule has 0 unspecified atom stereocenters. The van der Waals surface area contributed by atoms with Gasteiger partial charge in [-0.1, -0.05) is 20.8 Å². The maximum atomic E-state index is 9.64. The average molecular weight is 210 g/mol. The van der Waals surface area contributed by atoms with E-state index < -0.39 is 0 Å². The van der Waals surface area contributed by atoms with Crippen molar-refractivity contribution in [1.29, 1.82) is 0 Å². The molecule has 0 atom stereocenters. The van der Waals surface area contributed by atoms with Gasteiger partial charge in [0.2, 0.25) is 0 Å². The summed E-state index contributed by atoms with van der Waals surface area (Å²) in [6.45, 7) is 7.52. The van der Waals surface area contributed by atoms with Crippen molar-refractivity contribution in [3.8, 4) is 0 Å². The Labute approximate surface area is 94.3 Å². The lowest BCUT2D eigenvalue weighted by Crippen LogP contribution is -2.36. The van der Waals surface area contributed by atoms with Gasteiger partial charge in [-0.05, 0) is 61.2 Å². The Morgan fingerprint density at radius 3 is 1.93 bits per heavy atom. The molecule has 88 valence electrons. The zero-order chi connectivity index (χ0) is 11.1. The first kappa shape index (κ1) is 11.4. The second kappa shape index (κ2) is 3.76. The zero-order valence-corrected chi connectivity index (χ0v) is 10.6. The van der Waals surface area contributed by atoms with Gasteiger partial charge in [0.05, 0.1) is 0 Å². The average Bonchev–Trinajstić information content (AvgIpc) is 3.00. The van der Waals surface area contributed by atoms with Crippen LogP contribution >= 0.6 is 0 Å². The summed E-state index contributed by atoms with van der Waals surface area (Å²) >= 11 is 0. The van der Waals surface area contributed by atoms with E-state index in [1.54, 1.807) is 0 Å². The van der Waals surface area contributed by atoms with E-state index in [-0.39, 0.29) is 0 Å². The molecule has 1 heteroatoms. The molecule has 0 heterocycles. The van der Waals surface area contributed by atoms with Crippen LogP contribution in [0.5, 0.6) is 0 Å². The maximum Gasteiger partial charge on any atom is 0.0490 e. The van der Waals surface area contributed by atoms with Gasteiger partial charge < -0.3 is 5.11 Å². The SMILES string of the molecule is CC(C)(C)C1CCC(CO)(C2CC2)CC1. The third-order valence-corrected chi connectivity index (χ3v) is 4.96. The highest BCUT2D eigenvalue weighted by Crippen LogP contribution is 2.55. The van der Waals surface area contributed by atoms with E-state index in [1.807, 2.05) is 0 Å². The quantitative estimate of drug-likeness (QED) is 0.738. The molecule has 0 aromatic heterocycles. The van der Waals surface area contributed by atoms with Crippen LogP contribution in [-0.2, 0) is 0 Å². The summed E-state index contributed by atoms with van der Waals surface area (Å²) in [5, 5.41) is 9.64. The van der Waals surface area contributed by atoms with E-state index in [9.17, 15) is 5.11 Å². The Morgan fingerprint density at radius 2 is 1.60 bits per heavy atom. The maximum absolute atomic E-state index is 9.64. The first-order valence-electron chi connectivity index (χ1n) is 6.59. The van der Waals surface area contributed by atoms with Crippen LogP contribution in [0, 0.1) is 22.7 Å². The Kier molecular flexibility index (Phi) is 2.87. The molecular formula is C14H26O. The summed E-state index contributed by atoms with van der Waals surface area (Å²) in [4.78, 5) is 0. The van der Waals surface area contributed by atoms with Crippen molar-refractivity contribution in [2.45, 2.75) is 59.3 Å². The van der Waals surface area contributed by atoms with E-state index in [4.69, 9.17) is 0 Å². The van der Waals surface area contributed by atoms with E-state index >= 15 is 0 Å². The predicted octanol–water partition coefficient (Wildman–Crippen LogP) is 3.61. The molecule has 2 saturated carbocycles. The Bertz CT molecular complexity index is 214. The van der Waals surface area contributed by atoms with Crippen LogP contribution < -0.4 is 0 Å². The van der Waals surface area contributed by atoms with Gasteiger partial charge >= 0.3 is 0 Å². The second-order valence-electron chi connectivity index (χ2n) is 6.94. The summed E-state index contributed by atoms with van der Waals surface area (Å²) in [6.07, 6.45) is 7.97. The van der Waals surface area contributed by atoms with Gasteiger partial charge in [0.1, 0.15) is 0 Å². The normalized spacial score (nSPS) is 38.0. The van der Waals surface area contributed by atoms with Gasteiger partial charge in [0.15, 0.2) is 0 Å². The molecule has 0 saturated heterocycles. The lowest BCUT2D eigenvalue weighted by molar-refractivity contribution is 0.0201. The minimum Gasteiger partial charge on any atom is -0.396 e. The van der Waals surface area contributed by atoms with Crippen molar-refractivity contribution in [2.24, 2.45) is 22.7 Å². The van der Waals surface area contributed by atoms with Crippen molar-refractivity contribution in [3.05, 3.63) is 0 Å². The molecule has 2 rings (SSSR count). The van der Waals surface area contributed by atoms with Crippen molar-refractivity contribution >= 4 is 0 Å². The van der Waals surface area contributed by atoms with Gasteiger partial charge in [0.25, 0.3) is 0 Å². The molecule has 0 spiro atoms. The number of rotatable bonds is 2. The highest BCUT2D eigenvalue weighted by molar-refractivity contribution is 4.97. The highest BCUT2D eigenvalue weighted by Gasteiger charge is 2.47. The molecule has 15 heavy (non-hydrogen) atoms. The van der Waals surface area contributed by atoms with Crippen molar-refractivity contribution in [2.75, 3.05) is 6.61 Å². The van der Waals surface area contributed by atoms with E-state index in [2.05, 4.69) is 20.8 Å². The number of hydrogen-bond donors (Lipinski definition) is 1. The third-order valence-electron chi connectivity index (χ3n) is 4.96. The van der Waals surface area contributed by atoms with Gasteiger partial charge in [0, 0.05) is 6.61 Å². The Hall–Kier alpha value is -0.0400. The van der Waals surface area contributed by atoms with Crippen LogP contribution in [0.1, 0.15) is 59.3 Å². The lowest BCUT2D eigenvalue weighted by atomic mass is 9.62. The fourth-order valence-electron chi connectivity index (χ4n) is 3.45. The molecule has 0 aromatic carbocycles. The van der Waals surface area contributed by atoms with Crippen LogP contribution in [-0.4, -0.2) is 11.7 Å². The number of aliphatic hydroxyl groups excluding tert-OH is 1. The number of hydrogen-bond acceptors (Lipinski definition) is 1. The van der Waals surface area contributed by atoms with Crippen LogP contribution in [0.3, 0.4) is 0 Å². The minimum atomic E-state index is 0.335. The van der Waals surface area contributed by atoms with Crippen LogP contribution in [0.15, 0.2) is 0 Å². The van der Waals surface area contributed by atoms with Gasteiger partial charge in [-0.3, -0.25) is 0 Å². The largest absolute Gasteiger partial charge is 0.396 e. The lowest BCUT2D eigenvalue weighted by Gasteiger charge is -2.43. The highest BCUT2D eigenvalue weighted by atomic mass is 16.3. The van der Waals surface area contributed by atoms with E-state index in [0.29, 0.717) is 17.4 Å². The molecule has 2 fully saturated rings. The molecule has 0 radical (unpaired) electrons. The van der Waals surface area contributed by atoms with Gasteiger partial charge in [-0.15, -0.1) is 0 Å². The van der Waals surface area contributed by atoms with Gasteiger partial charge in [-0.2, -0.15) is 0 Å². The van der Waals surface area contributed by atoms with Crippen LogP contribution in [0.2, 0.25) is 0 Å². The topological polar surface area (TPSA) is 20.2 Å². The van der Waals surface area contributed by atoms with E-state index in [0.717, 1.165) is 11.8 Å². The summed E-state index contributed by atoms with van der Waals surface area (Å²) in [5.41, 5.74) is 0.799. The van der Waals surface area contributed by atoms with Crippen molar-refractivity contribution < 1.29 is 5.11 Å².